The van der Waals surface area contributed by atoms with E-state index in [-0.39, 0.29) is 39.2 Å². The standard InChI is InChI=1S/C74H75BN2/c1-44-37-64-67-65(38-44)77(61-28-20-27-53-66(61)48-23-16-19-26-51(48)74(53)49-24-17-14-21-46(49)47-22-15-18-25-50(47)74)63-43-58-56(71(8,9)34-36-73(58,12)13)41-60(63)75(67)59-40-55-57(72(10,11)35-33-70(55,6)7)42-62(59)76(64)45-29-30-52-54(39-45)69(4,5)32-31-68(52,2)3/h14-30,37-43H,31-36H2,1-13H3. The van der Waals surface area contributed by atoms with E-state index in [9.17, 15) is 0 Å². The van der Waals surface area contributed by atoms with Crippen LogP contribution in [0.25, 0.3) is 22.3 Å². The van der Waals surface area contributed by atoms with Gasteiger partial charge >= 0.3 is 0 Å². The van der Waals surface area contributed by atoms with Crippen molar-refractivity contribution in [1.82, 2.24) is 0 Å². The Morgan fingerprint density at radius 1 is 0.325 bits per heavy atom. The van der Waals surface area contributed by atoms with Crippen molar-refractivity contribution in [3.8, 4) is 22.3 Å². The largest absolute Gasteiger partial charge is 0.311 e. The number of anilines is 6. The molecule has 0 aromatic heterocycles. The highest BCUT2D eigenvalue weighted by molar-refractivity contribution is 7.00. The Morgan fingerprint density at radius 3 is 1.25 bits per heavy atom. The molecular weight excluding hydrogens is 928 g/mol. The van der Waals surface area contributed by atoms with Gasteiger partial charge in [0.1, 0.15) is 0 Å². The fraction of sp³-hybridized carbons (Fsp3) is 0.351. The summed E-state index contributed by atoms with van der Waals surface area (Å²) in [6, 6.07) is 58.9. The molecular formula is C74H75BN2. The van der Waals surface area contributed by atoms with Crippen LogP contribution in [-0.2, 0) is 37.9 Å². The first kappa shape index (κ1) is 47.6. The van der Waals surface area contributed by atoms with E-state index in [2.05, 4.69) is 245 Å². The van der Waals surface area contributed by atoms with Gasteiger partial charge < -0.3 is 9.80 Å². The van der Waals surface area contributed by atoms with Crippen molar-refractivity contribution in [1.29, 1.82) is 0 Å². The molecule has 77 heavy (non-hydrogen) atoms. The normalized spacial score (nSPS) is 20.6. The first-order valence-electron chi connectivity index (χ1n) is 29.3. The Hall–Kier alpha value is -6.58. The second-order valence-corrected chi connectivity index (χ2v) is 28.9. The van der Waals surface area contributed by atoms with Crippen molar-refractivity contribution in [2.24, 2.45) is 0 Å². The minimum absolute atomic E-state index is 0.0148. The van der Waals surface area contributed by atoms with E-state index in [0.717, 1.165) is 6.42 Å². The van der Waals surface area contributed by atoms with Gasteiger partial charge in [0.25, 0.3) is 6.71 Å². The maximum atomic E-state index is 2.78. The maximum absolute atomic E-state index is 2.78. The molecule has 0 saturated carbocycles. The third-order valence-corrected chi connectivity index (χ3v) is 21.5. The zero-order valence-corrected chi connectivity index (χ0v) is 48.1. The summed E-state index contributed by atoms with van der Waals surface area (Å²) in [7, 11) is 0. The summed E-state index contributed by atoms with van der Waals surface area (Å²) >= 11 is 0. The molecule has 384 valence electrons. The average Bonchev–Trinajstić information content (AvgIpc) is 4.14. The summed E-state index contributed by atoms with van der Waals surface area (Å²) in [4.78, 5) is 5.53. The lowest BCUT2D eigenvalue weighted by molar-refractivity contribution is 0.332. The van der Waals surface area contributed by atoms with E-state index in [0.29, 0.717) is 0 Å². The lowest BCUT2D eigenvalue weighted by atomic mass is 9.32. The highest BCUT2D eigenvalue weighted by Gasteiger charge is 2.54. The maximum Gasteiger partial charge on any atom is 0.252 e. The number of rotatable bonds is 2. The number of hydrogen-bond acceptors (Lipinski definition) is 2. The van der Waals surface area contributed by atoms with Crippen molar-refractivity contribution >= 4 is 57.2 Å². The predicted molar refractivity (Wildman–Crippen MR) is 327 cm³/mol. The average molecular weight is 1000 g/mol. The number of hydrogen-bond donors (Lipinski definition) is 0. The van der Waals surface area contributed by atoms with Crippen molar-refractivity contribution < 1.29 is 0 Å². The molecule has 5 aliphatic carbocycles. The van der Waals surface area contributed by atoms with E-state index in [1.54, 1.807) is 0 Å². The van der Waals surface area contributed by atoms with Gasteiger partial charge in [0.05, 0.1) is 11.1 Å². The fourth-order valence-electron chi connectivity index (χ4n) is 16.8. The summed E-state index contributed by atoms with van der Waals surface area (Å²) in [6.45, 7) is 32.4. The lowest BCUT2D eigenvalue weighted by Gasteiger charge is -2.49. The van der Waals surface area contributed by atoms with Crippen LogP contribution in [0, 0.1) is 6.92 Å². The smallest absolute Gasteiger partial charge is 0.252 e. The molecule has 0 saturated heterocycles. The van der Waals surface area contributed by atoms with Gasteiger partial charge in [0, 0.05) is 34.0 Å². The van der Waals surface area contributed by atoms with Gasteiger partial charge in [-0.05, 0) is 215 Å². The molecule has 8 aromatic rings. The minimum atomic E-state index is -0.450. The van der Waals surface area contributed by atoms with Crippen molar-refractivity contribution in [3.05, 3.63) is 207 Å². The molecule has 0 fully saturated rings. The van der Waals surface area contributed by atoms with Crippen LogP contribution in [0.5, 0.6) is 0 Å². The second-order valence-electron chi connectivity index (χ2n) is 28.9. The minimum Gasteiger partial charge on any atom is -0.311 e. The molecule has 0 amide bonds. The number of nitrogens with zero attached hydrogens (tertiary/aromatic N) is 2. The Morgan fingerprint density at radius 2 is 0.727 bits per heavy atom. The van der Waals surface area contributed by atoms with Crippen molar-refractivity contribution in [3.63, 3.8) is 0 Å². The molecule has 1 spiro atoms. The van der Waals surface area contributed by atoms with E-state index < -0.39 is 5.41 Å². The van der Waals surface area contributed by atoms with Gasteiger partial charge in [0.15, 0.2) is 0 Å². The number of aryl methyl sites for hydroxylation is 1. The van der Waals surface area contributed by atoms with Crippen molar-refractivity contribution in [2.45, 2.75) is 166 Å². The quantitative estimate of drug-likeness (QED) is 0.159. The zero-order chi connectivity index (χ0) is 53.3. The van der Waals surface area contributed by atoms with Crippen LogP contribution >= 0.6 is 0 Å². The summed E-state index contributed by atoms with van der Waals surface area (Å²) < 4.78 is 0. The van der Waals surface area contributed by atoms with Gasteiger partial charge in [-0.1, -0.05) is 186 Å². The Kier molecular flexibility index (Phi) is 9.38. The van der Waals surface area contributed by atoms with Crippen LogP contribution in [0.15, 0.2) is 146 Å². The van der Waals surface area contributed by atoms with Gasteiger partial charge in [-0.2, -0.15) is 0 Å². The second kappa shape index (κ2) is 15.2. The van der Waals surface area contributed by atoms with E-state index in [4.69, 9.17) is 0 Å². The first-order valence-corrected chi connectivity index (χ1v) is 29.3. The summed E-state index contributed by atoms with van der Waals surface area (Å²) in [6.07, 6.45) is 7.06. The topological polar surface area (TPSA) is 6.48 Å². The highest BCUT2D eigenvalue weighted by atomic mass is 15.2. The summed E-state index contributed by atoms with van der Waals surface area (Å²) in [5.41, 5.74) is 33.2. The Bertz CT molecular complexity index is 3880. The van der Waals surface area contributed by atoms with E-state index in [1.807, 2.05) is 0 Å². The number of fused-ring (bicyclic) bond motifs is 17. The Labute approximate surface area is 460 Å². The zero-order valence-electron chi connectivity index (χ0n) is 48.1. The molecule has 2 nitrogen and oxygen atoms in total. The molecule has 7 aliphatic rings. The molecule has 0 unspecified atom stereocenters. The molecule has 0 atom stereocenters. The fourth-order valence-corrected chi connectivity index (χ4v) is 16.8. The van der Waals surface area contributed by atoms with E-state index in [1.165, 1.54) is 166 Å². The first-order chi connectivity index (χ1) is 36.6. The summed E-state index contributed by atoms with van der Waals surface area (Å²) in [5, 5.41) is 0. The van der Waals surface area contributed by atoms with Crippen LogP contribution in [0.1, 0.15) is 183 Å². The van der Waals surface area contributed by atoms with Crippen LogP contribution in [0.3, 0.4) is 0 Å². The number of benzene rings is 8. The third kappa shape index (κ3) is 6.16. The van der Waals surface area contributed by atoms with Gasteiger partial charge in [-0.15, -0.1) is 0 Å². The monoisotopic (exact) mass is 1000 g/mol. The van der Waals surface area contributed by atoms with Gasteiger partial charge in [-0.25, -0.2) is 0 Å². The molecule has 8 aromatic carbocycles. The lowest BCUT2D eigenvalue weighted by Crippen LogP contribution is -2.62. The molecule has 0 N–H and O–H groups in total. The summed E-state index contributed by atoms with van der Waals surface area (Å²) in [5.74, 6) is 0. The molecule has 15 rings (SSSR count). The molecule has 0 radical (unpaired) electrons. The molecule has 2 aliphatic heterocycles. The van der Waals surface area contributed by atoms with Crippen LogP contribution in [0.2, 0.25) is 0 Å². The van der Waals surface area contributed by atoms with Crippen LogP contribution < -0.4 is 26.2 Å². The van der Waals surface area contributed by atoms with Crippen LogP contribution in [0.4, 0.5) is 34.1 Å². The van der Waals surface area contributed by atoms with Crippen LogP contribution in [-0.4, -0.2) is 6.71 Å². The van der Waals surface area contributed by atoms with E-state index >= 15 is 0 Å². The van der Waals surface area contributed by atoms with Crippen molar-refractivity contribution in [2.75, 3.05) is 9.80 Å². The molecule has 0 bridgehead atoms. The SMILES string of the molecule is Cc1cc2c3c(c1)N(c1cccc4c1-c1ccccc1C41c4ccccc4-c4ccccc41)c1cc4c(cc1B3c1cc3c(cc1N2c1ccc2c(c1)C(C)(C)CCC2(C)C)C(C)(C)CCC3(C)C)C(C)(C)CCC4(C)C. The predicted octanol–water partition coefficient (Wildman–Crippen LogP) is 17.5. The Balaban J connectivity index is 1.08. The molecule has 3 heteroatoms. The third-order valence-electron chi connectivity index (χ3n) is 21.5. The molecule has 2 heterocycles. The van der Waals surface area contributed by atoms with Gasteiger partial charge in [-0.3, -0.25) is 0 Å². The highest BCUT2D eigenvalue weighted by Crippen LogP contribution is 2.65. The van der Waals surface area contributed by atoms with Gasteiger partial charge in [0.2, 0.25) is 0 Å².